The molecule has 0 bridgehead atoms. The van der Waals surface area contributed by atoms with Gasteiger partial charge in [-0.3, -0.25) is 9.69 Å². The van der Waals surface area contributed by atoms with Gasteiger partial charge in [-0.2, -0.15) is 13.2 Å². The molecule has 0 amide bonds. The lowest BCUT2D eigenvalue weighted by atomic mass is 10.00. The Hall–Kier alpha value is -3.31. The quantitative estimate of drug-likeness (QED) is 0.146. The zero-order valence-electron chi connectivity index (χ0n) is 21.3. The van der Waals surface area contributed by atoms with Crippen LogP contribution in [0.5, 0.6) is 5.75 Å². The minimum absolute atomic E-state index is 0.00826. The molecule has 0 radical (unpaired) electrons. The molecule has 1 unspecified atom stereocenters. The van der Waals surface area contributed by atoms with Gasteiger partial charge in [0.25, 0.3) is 0 Å². The number of ether oxygens (including phenoxy) is 1. The number of aldehydes is 1. The average molecular weight is 570 g/mol. The van der Waals surface area contributed by atoms with Crippen LogP contribution < -0.4 is 4.74 Å². The van der Waals surface area contributed by atoms with E-state index < -0.39 is 33.2 Å². The largest absolute Gasteiger partial charge is 0.494 e. The lowest BCUT2D eigenvalue weighted by molar-refractivity contribution is -0.140. The molecule has 5 nitrogen and oxygen atoms in total. The number of carbonyl (C=O) groups excluding carboxylic acids is 1. The van der Waals surface area contributed by atoms with Gasteiger partial charge in [0, 0.05) is 37.0 Å². The molecule has 3 rings (SSSR count). The van der Waals surface area contributed by atoms with Crippen LogP contribution >= 0.6 is 0 Å². The Bertz CT molecular complexity index is 1390. The Morgan fingerprint density at radius 2 is 1.72 bits per heavy atom. The first-order chi connectivity index (χ1) is 18.3. The van der Waals surface area contributed by atoms with Crippen LogP contribution in [-0.4, -0.2) is 45.6 Å². The van der Waals surface area contributed by atoms with E-state index in [1.165, 1.54) is 36.4 Å². The fourth-order valence-electron chi connectivity index (χ4n) is 4.18. The number of benzene rings is 3. The van der Waals surface area contributed by atoms with Crippen molar-refractivity contribution in [3.05, 3.63) is 94.6 Å². The third kappa shape index (κ3) is 8.34. The maximum Gasteiger partial charge on any atom is 0.419 e. The summed E-state index contributed by atoms with van der Waals surface area (Å²) in [6.45, 7) is 2.55. The topological polar surface area (TPSA) is 63.7 Å². The summed E-state index contributed by atoms with van der Waals surface area (Å²) in [7, 11) is -3.67. The number of alkyl halides is 3. The molecule has 1 atom stereocenters. The van der Waals surface area contributed by atoms with Gasteiger partial charge in [-0.1, -0.05) is 31.2 Å². The average Bonchev–Trinajstić information content (AvgIpc) is 2.86. The van der Waals surface area contributed by atoms with Gasteiger partial charge in [0.05, 0.1) is 17.1 Å². The van der Waals surface area contributed by atoms with Crippen molar-refractivity contribution < 1.29 is 39.9 Å². The molecule has 0 aliphatic rings. The second-order valence-electron chi connectivity index (χ2n) is 9.26. The van der Waals surface area contributed by atoms with Gasteiger partial charge < -0.3 is 4.74 Å². The molecule has 3 aromatic rings. The first-order valence-corrected chi connectivity index (χ1v) is 13.9. The van der Waals surface area contributed by atoms with Gasteiger partial charge in [-0.05, 0) is 54.3 Å². The van der Waals surface area contributed by atoms with Crippen molar-refractivity contribution >= 4 is 16.1 Å². The zero-order chi connectivity index (χ0) is 28.8. The Morgan fingerprint density at radius 3 is 2.33 bits per heavy atom. The summed E-state index contributed by atoms with van der Waals surface area (Å²) in [6.07, 6.45) is -3.04. The van der Waals surface area contributed by atoms with Crippen molar-refractivity contribution in [1.29, 1.82) is 0 Å². The minimum atomic E-state index is -4.83. The third-order valence-corrected chi connectivity index (χ3v) is 7.30. The van der Waals surface area contributed by atoms with Gasteiger partial charge in [0.15, 0.2) is 16.1 Å². The fourth-order valence-corrected chi connectivity index (χ4v) is 5.06. The summed E-state index contributed by atoms with van der Waals surface area (Å²) in [5.41, 5.74) is -0.630. The summed E-state index contributed by atoms with van der Waals surface area (Å²) in [5, 5.41) is 0. The second kappa shape index (κ2) is 12.7. The lowest BCUT2D eigenvalue weighted by Crippen LogP contribution is -2.30. The van der Waals surface area contributed by atoms with Crippen LogP contribution in [0.25, 0.3) is 0 Å². The lowest BCUT2D eigenvalue weighted by Gasteiger charge is -2.27. The highest BCUT2D eigenvalue weighted by atomic mass is 32.2. The normalized spacial score (nSPS) is 12.9. The van der Waals surface area contributed by atoms with Crippen LogP contribution in [0.4, 0.5) is 22.0 Å². The molecule has 0 aliphatic heterocycles. The molecule has 0 spiro atoms. The van der Waals surface area contributed by atoms with Crippen molar-refractivity contribution in [2.75, 3.05) is 26.0 Å². The number of hydrogen-bond donors (Lipinski definition) is 0. The minimum Gasteiger partial charge on any atom is -0.494 e. The summed E-state index contributed by atoms with van der Waals surface area (Å²) >= 11 is 0. The van der Waals surface area contributed by atoms with Gasteiger partial charge in [0.2, 0.25) is 0 Å². The highest BCUT2D eigenvalue weighted by molar-refractivity contribution is 7.90. The summed E-state index contributed by atoms with van der Waals surface area (Å²) in [4.78, 5) is 12.8. The molecule has 0 N–H and O–H groups in total. The number of carbonyl (C=O) groups is 1. The highest BCUT2D eigenvalue weighted by Gasteiger charge is 2.35. The van der Waals surface area contributed by atoms with E-state index in [0.717, 1.165) is 17.9 Å². The second-order valence-corrected chi connectivity index (χ2v) is 11.2. The maximum absolute atomic E-state index is 14.8. The molecule has 0 heterocycles. The molecule has 0 saturated carbocycles. The van der Waals surface area contributed by atoms with Crippen molar-refractivity contribution in [3.8, 4) is 5.75 Å². The van der Waals surface area contributed by atoms with Crippen molar-refractivity contribution in [2.45, 2.75) is 36.9 Å². The molecule has 39 heavy (non-hydrogen) atoms. The Labute approximate surface area is 224 Å². The highest BCUT2D eigenvalue weighted by Crippen LogP contribution is 2.33. The van der Waals surface area contributed by atoms with Crippen LogP contribution in [0.15, 0.2) is 65.6 Å². The van der Waals surface area contributed by atoms with Crippen LogP contribution in [0.1, 0.15) is 46.3 Å². The Morgan fingerprint density at radius 1 is 1.03 bits per heavy atom. The molecule has 0 saturated heterocycles. The number of hydrogen-bond acceptors (Lipinski definition) is 5. The predicted octanol–water partition coefficient (Wildman–Crippen LogP) is 6.27. The van der Waals surface area contributed by atoms with Crippen LogP contribution in [0.3, 0.4) is 0 Å². The standard InChI is InChI=1S/C28H28F5NO4S/c1-19(20-7-10-23(29)11-8-20)16-34(17-21-5-3-6-25(27(21)30)28(31,32)33)13-4-14-38-24-12-9-22(18-35)26(15-24)39(2,36)37/h3,5-12,15,18-19H,4,13-14,16-17H2,1-2H3. The van der Waals surface area contributed by atoms with E-state index >= 15 is 0 Å². The van der Waals surface area contributed by atoms with E-state index in [2.05, 4.69) is 0 Å². The van der Waals surface area contributed by atoms with E-state index in [-0.39, 0.29) is 40.8 Å². The molecule has 0 aliphatic carbocycles. The molecule has 0 fully saturated rings. The van der Waals surface area contributed by atoms with Crippen molar-refractivity contribution in [3.63, 3.8) is 0 Å². The van der Waals surface area contributed by atoms with E-state index in [1.807, 2.05) is 6.92 Å². The van der Waals surface area contributed by atoms with E-state index in [1.54, 1.807) is 17.0 Å². The first kappa shape index (κ1) is 30.2. The number of halogens is 5. The van der Waals surface area contributed by atoms with Gasteiger partial charge in [-0.15, -0.1) is 0 Å². The molecule has 0 aromatic heterocycles. The Balaban J connectivity index is 1.74. The number of nitrogens with zero attached hydrogens (tertiary/aromatic N) is 1. The van der Waals surface area contributed by atoms with Gasteiger partial charge in [-0.25, -0.2) is 17.2 Å². The van der Waals surface area contributed by atoms with E-state index in [4.69, 9.17) is 4.74 Å². The van der Waals surface area contributed by atoms with Crippen LogP contribution in [0, 0.1) is 11.6 Å². The smallest absolute Gasteiger partial charge is 0.419 e. The molecular weight excluding hydrogens is 541 g/mol. The predicted molar refractivity (Wildman–Crippen MR) is 137 cm³/mol. The maximum atomic E-state index is 14.8. The van der Waals surface area contributed by atoms with Crippen molar-refractivity contribution in [1.82, 2.24) is 4.90 Å². The summed E-state index contributed by atoms with van der Waals surface area (Å²) < 4.78 is 97.4. The summed E-state index contributed by atoms with van der Waals surface area (Å²) in [5.74, 6) is -1.64. The molecular formula is C28H28F5NO4S. The fraction of sp³-hybridized carbons (Fsp3) is 0.321. The van der Waals surface area contributed by atoms with Crippen LogP contribution in [0.2, 0.25) is 0 Å². The number of sulfone groups is 1. The summed E-state index contributed by atoms with van der Waals surface area (Å²) in [6, 6.07) is 13.1. The van der Waals surface area contributed by atoms with Gasteiger partial charge >= 0.3 is 6.18 Å². The van der Waals surface area contributed by atoms with E-state index in [9.17, 15) is 35.2 Å². The monoisotopic (exact) mass is 569 g/mol. The Kier molecular flexibility index (Phi) is 9.84. The molecule has 210 valence electrons. The van der Waals surface area contributed by atoms with Crippen LogP contribution in [-0.2, 0) is 22.6 Å². The first-order valence-electron chi connectivity index (χ1n) is 12.0. The third-order valence-electron chi connectivity index (χ3n) is 6.15. The van der Waals surface area contributed by atoms with E-state index in [0.29, 0.717) is 31.9 Å². The van der Waals surface area contributed by atoms with Gasteiger partial charge in [0.1, 0.15) is 17.4 Å². The zero-order valence-corrected chi connectivity index (χ0v) is 22.2. The molecule has 11 heteroatoms. The molecule has 3 aromatic carbocycles. The number of rotatable bonds is 12. The SMILES string of the molecule is CC(CN(CCCOc1ccc(C=O)c(S(C)(=O)=O)c1)Cc1cccc(C(F)(F)F)c1F)c1ccc(F)cc1. The van der Waals surface area contributed by atoms with Crippen molar-refractivity contribution in [2.24, 2.45) is 0 Å².